The van der Waals surface area contributed by atoms with Gasteiger partial charge in [0.05, 0.1) is 5.69 Å². The van der Waals surface area contributed by atoms with Crippen molar-refractivity contribution in [1.29, 1.82) is 0 Å². The number of allylic oxidation sites excluding steroid dienone is 2. The minimum absolute atomic E-state index is 0.0695. The average molecular weight is 340 g/mol. The van der Waals surface area contributed by atoms with Crippen LogP contribution in [-0.2, 0) is 6.42 Å². The van der Waals surface area contributed by atoms with E-state index >= 15 is 0 Å². The van der Waals surface area contributed by atoms with Crippen molar-refractivity contribution >= 4 is 0 Å². The number of unbranched alkanes of at least 4 members (excludes halogenated alkanes) is 2. The van der Waals surface area contributed by atoms with Crippen LogP contribution in [0.2, 0.25) is 0 Å². The van der Waals surface area contributed by atoms with Crippen molar-refractivity contribution in [3.8, 4) is 22.8 Å². The number of aromatic nitrogens is 2. The molecule has 1 unspecified atom stereocenters. The molecule has 0 aliphatic heterocycles. The first-order valence-corrected chi connectivity index (χ1v) is 9.36. The monoisotopic (exact) mass is 340 g/mol. The van der Waals surface area contributed by atoms with E-state index in [1.54, 1.807) is 6.20 Å². The fraction of sp³-hybridized carbons (Fsp3) is 0.476. The number of hydrogen-bond donors (Lipinski definition) is 3. The smallest absolute Gasteiger partial charge is 0.132 e. The van der Waals surface area contributed by atoms with Gasteiger partial charge in [-0.3, -0.25) is 5.10 Å². The maximum absolute atomic E-state index is 11.1. The van der Waals surface area contributed by atoms with Crippen LogP contribution in [0, 0.1) is 0 Å². The highest BCUT2D eigenvalue weighted by Crippen LogP contribution is 2.46. The van der Waals surface area contributed by atoms with E-state index in [0.717, 1.165) is 61.8 Å². The van der Waals surface area contributed by atoms with E-state index in [1.807, 2.05) is 12.1 Å². The van der Waals surface area contributed by atoms with Crippen LogP contribution in [0.25, 0.3) is 11.3 Å². The molecule has 0 fully saturated rings. The molecule has 1 aromatic carbocycles. The van der Waals surface area contributed by atoms with E-state index in [4.69, 9.17) is 0 Å². The van der Waals surface area contributed by atoms with E-state index in [9.17, 15) is 10.2 Å². The number of aromatic amines is 1. The van der Waals surface area contributed by atoms with Gasteiger partial charge in [-0.05, 0) is 56.7 Å². The molecule has 1 aliphatic rings. The Morgan fingerprint density at radius 2 is 2.12 bits per heavy atom. The molecule has 25 heavy (non-hydrogen) atoms. The van der Waals surface area contributed by atoms with Gasteiger partial charge < -0.3 is 10.2 Å². The highest BCUT2D eigenvalue weighted by molar-refractivity contribution is 5.75. The molecule has 0 spiro atoms. The maximum atomic E-state index is 11.1. The topological polar surface area (TPSA) is 69.1 Å². The molecular weight excluding hydrogens is 312 g/mol. The molecule has 1 atom stereocenters. The van der Waals surface area contributed by atoms with E-state index < -0.39 is 0 Å². The Morgan fingerprint density at radius 3 is 2.80 bits per heavy atom. The highest BCUT2D eigenvalue weighted by Gasteiger charge is 2.25. The molecule has 0 saturated carbocycles. The molecule has 0 bridgehead atoms. The van der Waals surface area contributed by atoms with E-state index in [2.05, 4.69) is 30.1 Å². The van der Waals surface area contributed by atoms with Gasteiger partial charge >= 0.3 is 0 Å². The van der Waals surface area contributed by atoms with Gasteiger partial charge in [0.25, 0.3) is 0 Å². The number of phenols is 2. The van der Waals surface area contributed by atoms with Crippen molar-refractivity contribution in [3.63, 3.8) is 0 Å². The van der Waals surface area contributed by atoms with Crippen LogP contribution in [0.4, 0.5) is 0 Å². The molecule has 1 aliphatic carbocycles. The van der Waals surface area contributed by atoms with Gasteiger partial charge in [-0.1, -0.05) is 31.4 Å². The summed E-state index contributed by atoms with van der Waals surface area (Å²) in [4.78, 5) is 0. The number of nitrogens with one attached hydrogen (secondary N) is 1. The van der Waals surface area contributed by atoms with Crippen LogP contribution in [0.5, 0.6) is 11.5 Å². The average Bonchev–Trinajstić information content (AvgIpc) is 3.09. The second-order valence-corrected chi connectivity index (χ2v) is 7.13. The lowest BCUT2D eigenvalue weighted by molar-refractivity contribution is 0.428. The zero-order valence-corrected chi connectivity index (χ0v) is 15.2. The Morgan fingerprint density at radius 1 is 1.28 bits per heavy atom. The van der Waals surface area contributed by atoms with Crippen LogP contribution in [-0.4, -0.2) is 20.4 Å². The Hall–Kier alpha value is -2.23. The number of hydrogen-bond acceptors (Lipinski definition) is 3. The third-order valence-electron chi connectivity index (χ3n) is 5.16. The minimum atomic E-state index is 0.0695. The third kappa shape index (κ3) is 3.73. The summed E-state index contributed by atoms with van der Waals surface area (Å²) in [7, 11) is 0. The second-order valence-electron chi connectivity index (χ2n) is 7.13. The predicted molar refractivity (Wildman–Crippen MR) is 101 cm³/mol. The third-order valence-corrected chi connectivity index (χ3v) is 5.16. The molecule has 2 aromatic rings. The number of nitrogens with zero attached hydrogens (tertiary/aromatic N) is 1. The van der Waals surface area contributed by atoms with Gasteiger partial charge in [-0.15, -0.1) is 0 Å². The first-order valence-electron chi connectivity index (χ1n) is 9.36. The lowest BCUT2D eigenvalue weighted by atomic mass is 9.82. The first kappa shape index (κ1) is 17.6. The maximum Gasteiger partial charge on any atom is 0.132 e. The van der Waals surface area contributed by atoms with Crippen molar-refractivity contribution < 1.29 is 10.2 Å². The number of H-pyrrole nitrogens is 1. The molecule has 0 radical (unpaired) electrons. The molecule has 3 N–H and O–H groups in total. The zero-order chi connectivity index (χ0) is 17.8. The quantitative estimate of drug-likeness (QED) is 0.485. The van der Waals surface area contributed by atoms with Crippen molar-refractivity contribution in [2.45, 2.75) is 64.7 Å². The molecule has 4 nitrogen and oxygen atoms in total. The van der Waals surface area contributed by atoms with Gasteiger partial charge in [-0.2, -0.15) is 5.10 Å². The number of rotatable bonds is 6. The normalized spacial score (nSPS) is 17.5. The van der Waals surface area contributed by atoms with Gasteiger partial charge in [0, 0.05) is 23.2 Å². The van der Waals surface area contributed by atoms with Crippen LogP contribution in [0.3, 0.4) is 0 Å². The van der Waals surface area contributed by atoms with Crippen LogP contribution >= 0.6 is 0 Å². The summed E-state index contributed by atoms with van der Waals surface area (Å²) in [6.45, 7) is 4.29. The highest BCUT2D eigenvalue weighted by atomic mass is 16.3. The minimum Gasteiger partial charge on any atom is -0.507 e. The van der Waals surface area contributed by atoms with E-state index in [-0.39, 0.29) is 17.4 Å². The summed E-state index contributed by atoms with van der Waals surface area (Å²) >= 11 is 0. The fourth-order valence-electron chi connectivity index (χ4n) is 3.89. The van der Waals surface area contributed by atoms with Gasteiger partial charge in [0.1, 0.15) is 11.5 Å². The molecule has 134 valence electrons. The number of aromatic hydroxyl groups is 2. The SMILES string of the molecule is CCCCCc1cc(O)c(C2C=C(C)CCC2)c(O)c1-c1ccn[nH]1. The summed E-state index contributed by atoms with van der Waals surface area (Å²) in [6.07, 6.45) is 11.2. The lowest BCUT2D eigenvalue weighted by Crippen LogP contribution is -2.05. The Kier molecular flexibility index (Phi) is 5.47. The standard InChI is InChI=1S/C21H28N2O2/c1-3-4-5-8-16-13-18(24)20(15-9-6-7-14(2)12-15)21(25)19(16)17-10-11-22-23-17/h10-13,15,24-25H,3-9H2,1-2H3,(H,22,23). The summed E-state index contributed by atoms with van der Waals surface area (Å²) < 4.78 is 0. The Labute approximate surface area is 149 Å². The Balaban J connectivity index is 2.08. The molecule has 1 heterocycles. The van der Waals surface area contributed by atoms with Crippen molar-refractivity contribution in [1.82, 2.24) is 10.2 Å². The van der Waals surface area contributed by atoms with Crippen molar-refractivity contribution in [2.75, 3.05) is 0 Å². The summed E-state index contributed by atoms with van der Waals surface area (Å²) in [5.74, 6) is 0.482. The fourth-order valence-corrected chi connectivity index (χ4v) is 3.89. The van der Waals surface area contributed by atoms with E-state index in [1.165, 1.54) is 5.57 Å². The molecule has 0 saturated heterocycles. The van der Waals surface area contributed by atoms with Gasteiger partial charge in [0.2, 0.25) is 0 Å². The number of benzene rings is 1. The largest absolute Gasteiger partial charge is 0.507 e. The van der Waals surface area contributed by atoms with Crippen molar-refractivity contribution in [3.05, 3.63) is 41.1 Å². The summed E-state index contributed by atoms with van der Waals surface area (Å²) in [6, 6.07) is 3.72. The molecule has 1 aromatic heterocycles. The zero-order valence-electron chi connectivity index (χ0n) is 15.2. The van der Waals surface area contributed by atoms with Gasteiger partial charge in [0.15, 0.2) is 0 Å². The summed E-state index contributed by atoms with van der Waals surface area (Å²) in [5, 5.41) is 28.8. The lowest BCUT2D eigenvalue weighted by Gasteiger charge is -2.24. The van der Waals surface area contributed by atoms with Crippen LogP contribution in [0.1, 0.15) is 69.4 Å². The molecule has 3 rings (SSSR count). The second kappa shape index (κ2) is 7.77. The molecule has 0 amide bonds. The molecule has 4 heteroatoms. The number of aryl methyl sites for hydroxylation is 1. The molecular formula is C21H28N2O2. The van der Waals surface area contributed by atoms with Gasteiger partial charge in [-0.25, -0.2) is 0 Å². The van der Waals surface area contributed by atoms with Crippen LogP contribution in [0.15, 0.2) is 30.0 Å². The van der Waals surface area contributed by atoms with Crippen molar-refractivity contribution in [2.24, 2.45) is 0 Å². The predicted octanol–water partition coefficient (Wildman–Crippen LogP) is 5.43. The first-order chi connectivity index (χ1) is 12.1. The van der Waals surface area contributed by atoms with E-state index in [0.29, 0.717) is 5.56 Å². The summed E-state index contributed by atoms with van der Waals surface area (Å²) in [5.41, 5.74) is 4.56. The Bertz CT molecular complexity index is 748. The number of phenolic OH excluding ortho intramolecular Hbond substituents is 2. The van der Waals surface area contributed by atoms with Crippen LogP contribution < -0.4 is 0 Å².